The van der Waals surface area contributed by atoms with Crippen molar-refractivity contribution in [1.29, 1.82) is 0 Å². The highest BCUT2D eigenvalue weighted by Crippen LogP contribution is 2.43. The summed E-state index contributed by atoms with van der Waals surface area (Å²) in [5.74, 6) is 0. The number of rotatable bonds is 4. The summed E-state index contributed by atoms with van der Waals surface area (Å²) in [4.78, 5) is 2.37. The molecule has 0 radical (unpaired) electrons. The van der Waals surface area contributed by atoms with Gasteiger partial charge < -0.3 is 9.32 Å². The zero-order valence-corrected chi connectivity index (χ0v) is 26.2. The van der Waals surface area contributed by atoms with E-state index in [4.69, 9.17) is 4.42 Å². The van der Waals surface area contributed by atoms with E-state index in [9.17, 15) is 0 Å². The van der Waals surface area contributed by atoms with E-state index in [0.29, 0.717) is 0 Å². The van der Waals surface area contributed by atoms with Crippen LogP contribution in [-0.4, -0.2) is 0 Å². The van der Waals surface area contributed by atoms with Gasteiger partial charge in [-0.05, 0) is 87.3 Å². The lowest BCUT2D eigenvalue weighted by Crippen LogP contribution is -2.09. The third-order valence-electron chi connectivity index (χ3n) is 9.45. The molecule has 0 aliphatic rings. The molecule has 2 nitrogen and oxygen atoms in total. The summed E-state index contributed by atoms with van der Waals surface area (Å²) in [6.45, 7) is 0. The molecule has 3 heteroatoms. The third kappa shape index (κ3) is 4.17. The molecule has 0 aliphatic carbocycles. The van der Waals surface area contributed by atoms with Gasteiger partial charge >= 0.3 is 0 Å². The van der Waals surface area contributed by atoms with Crippen molar-refractivity contribution < 1.29 is 4.42 Å². The Labute approximate surface area is 275 Å². The molecule has 220 valence electrons. The minimum absolute atomic E-state index is 0.895. The van der Waals surface area contributed by atoms with E-state index < -0.39 is 0 Å². The molecule has 8 aromatic carbocycles. The fourth-order valence-corrected chi connectivity index (χ4v) is 8.43. The second-order valence-corrected chi connectivity index (χ2v) is 13.2. The number of hydrogen-bond donors (Lipinski definition) is 0. The van der Waals surface area contributed by atoms with E-state index in [-0.39, 0.29) is 0 Å². The largest absolute Gasteiger partial charge is 0.456 e. The Hall–Kier alpha value is -5.90. The van der Waals surface area contributed by atoms with Crippen LogP contribution in [0.2, 0.25) is 0 Å². The monoisotopic (exact) mass is 617 g/mol. The molecule has 0 saturated carbocycles. The van der Waals surface area contributed by atoms with Gasteiger partial charge in [-0.25, -0.2) is 0 Å². The first-order chi connectivity index (χ1) is 23.3. The lowest BCUT2D eigenvalue weighted by Gasteiger charge is -2.26. The molecule has 0 atom stereocenters. The molecule has 2 heterocycles. The van der Waals surface area contributed by atoms with E-state index in [2.05, 4.69) is 157 Å². The predicted octanol–water partition coefficient (Wildman–Crippen LogP) is 13.4. The minimum Gasteiger partial charge on any atom is -0.456 e. The maximum atomic E-state index is 6.21. The highest BCUT2D eigenvalue weighted by atomic mass is 32.1. The summed E-state index contributed by atoms with van der Waals surface area (Å²) >= 11 is 1.87. The Morgan fingerprint density at radius 3 is 1.89 bits per heavy atom. The van der Waals surface area contributed by atoms with Crippen molar-refractivity contribution in [2.24, 2.45) is 0 Å². The van der Waals surface area contributed by atoms with Crippen LogP contribution in [0.3, 0.4) is 0 Å². The van der Waals surface area contributed by atoms with Crippen LogP contribution in [-0.2, 0) is 0 Å². The highest BCUT2D eigenvalue weighted by Gasteiger charge is 2.17. The van der Waals surface area contributed by atoms with Gasteiger partial charge in [-0.15, -0.1) is 11.3 Å². The molecule has 0 spiro atoms. The van der Waals surface area contributed by atoms with E-state index in [1.165, 1.54) is 52.8 Å². The van der Waals surface area contributed by atoms with Crippen molar-refractivity contribution in [2.45, 2.75) is 0 Å². The average Bonchev–Trinajstić information content (AvgIpc) is 3.70. The van der Waals surface area contributed by atoms with Gasteiger partial charge in [0.2, 0.25) is 0 Å². The zero-order valence-electron chi connectivity index (χ0n) is 25.4. The molecule has 0 amide bonds. The number of fused-ring (bicyclic) bond motifs is 9. The Balaban J connectivity index is 1.16. The van der Waals surface area contributed by atoms with Crippen LogP contribution >= 0.6 is 11.3 Å². The third-order valence-corrected chi connectivity index (χ3v) is 10.7. The van der Waals surface area contributed by atoms with Crippen LogP contribution in [0.1, 0.15) is 0 Å². The van der Waals surface area contributed by atoms with E-state index in [1.807, 2.05) is 23.5 Å². The quantitative estimate of drug-likeness (QED) is 0.183. The van der Waals surface area contributed by atoms with E-state index in [0.717, 1.165) is 39.0 Å². The van der Waals surface area contributed by atoms with Gasteiger partial charge in [0.25, 0.3) is 0 Å². The second-order valence-electron chi connectivity index (χ2n) is 12.1. The first-order valence-electron chi connectivity index (χ1n) is 15.9. The van der Waals surface area contributed by atoms with Crippen LogP contribution in [0.25, 0.3) is 74.8 Å². The summed E-state index contributed by atoms with van der Waals surface area (Å²) in [6.07, 6.45) is 0. The molecule has 10 aromatic rings. The maximum absolute atomic E-state index is 6.21. The molecule has 0 bridgehead atoms. The summed E-state index contributed by atoms with van der Waals surface area (Å²) in [6, 6.07) is 59.1. The molecule has 0 fully saturated rings. The first kappa shape index (κ1) is 26.3. The molecule has 2 aromatic heterocycles. The van der Waals surface area contributed by atoms with Crippen LogP contribution in [0.4, 0.5) is 17.1 Å². The molecular weight excluding hydrogens is 591 g/mol. The van der Waals surface area contributed by atoms with Crippen molar-refractivity contribution >= 4 is 92.1 Å². The number of anilines is 3. The van der Waals surface area contributed by atoms with E-state index in [1.54, 1.807) is 0 Å². The van der Waals surface area contributed by atoms with E-state index >= 15 is 0 Å². The van der Waals surface area contributed by atoms with Crippen molar-refractivity contribution in [1.82, 2.24) is 0 Å². The summed E-state index contributed by atoms with van der Waals surface area (Å²) in [5, 5.41) is 9.86. The highest BCUT2D eigenvalue weighted by molar-refractivity contribution is 7.26. The summed E-state index contributed by atoms with van der Waals surface area (Å²) in [7, 11) is 0. The number of benzene rings is 8. The van der Waals surface area contributed by atoms with Crippen LogP contribution in [0, 0.1) is 0 Å². The molecule has 0 N–H and O–H groups in total. The van der Waals surface area contributed by atoms with Crippen LogP contribution in [0.15, 0.2) is 168 Å². The topological polar surface area (TPSA) is 16.4 Å². The van der Waals surface area contributed by atoms with Crippen molar-refractivity contribution in [2.75, 3.05) is 4.90 Å². The first-order valence-corrected chi connectivity index (χ1v) is 16.7. The maximum Gasteiger partial charge on any atom is 0.135 e. The number of hydrogen-bond acceptors (Lipinski definition) is 3. The summed E-state index contributed by atoms with van der Waals surface area (Å²) in [5.41, 5.74) is 7.58. The molecular formula is C44H27NOS. The fourth-order valence-electron chi connectivity index (χ4n) is 7.19. The lowest BCUT2D eigenvalue weighted by molar-refractivity contribution is 0.669. The predicted molar refractivity (Wildman–Crippen MR) is 202 cm³/mol. The zero-order chi connectivity index (χ0) is 30.9. The Morgan fingerprint density at radius 2 is 1.02 bits per heavy atom. The molecule has 0 saturated heterocycles. The van der Waals surface area contributed by atoms with Gasteiger partial charge in [0.15, 0.2) is 0 Å². The van der Waals surface area contributed by atoms with Gasteiger partial charge in [-0.1, -0.05) is 109 Å². The van der Waals surface area contributed by atoms with Gasteiger partial charge in [0, 0.05) is 48.0 Å². The molecule has 0 unspecified atom stereocenters. The fraction of sp³-hybridized carbons (Fsp3) is 0. The van der Waals surface area contributed by atoms with Crippen LogP contribution in [0.5, 0.6) is 0 Å². The van der Waals surface area contributed by atoms with Gasteiger partial charge in [0.05, 0.1) is 0 Å². The molecule has 10 rings (SSSR count). The minimum atomic E-state index is 0.895. The number of furan rings is 1. The van der Waals surface area contributed by atoms with Crippen LogP contribution < -0.4 is 4.90 Å². The smallest absolute Gasteiger partial charge is 0.135 e. The number of para-hydroxylation sites is 1. The molecule has 0 aliphatic heterocycles. The molecule has 47 heavy (non-hydrogen) atoms. The Bertz CT molecular complexity index is 2810. The SMILES string of the molecule is c1ccc2c(c1)ccc1ccc(N(c3ccc(-c4cccc5c4sc4ccccc45)cc3)c3ccc4oc5ccccc5c4c3)cc12. The standard InChI is InChI=1S/C44H27NOS/c1-2-9-34-28(8-1)16-17-30-20-23-32(26-39(30)34)45(33-24-25-42-40(27-33)36-10-3-5-14-41(36)46-42)31-21-18-29(19-22-31)35-12-7-13-38-37-11-4-6-15-43(37)47-44(35)38/h1-27H. The second kappa shape index (κ2) is 10.3. The Morgan fingerprint density at radius 1 is 0.404 bits per heavy atom. The van der Waals surface area contributed by atoms with Crippen molar-refractivity contribution in [3.8, 4) is 11.1 Å². The van der Waals surface area contributed by atoms with Crippen molar-refractivity contribution in [3.05, 3.63) is 164 Å². The average molecular weight is 618 g/mol. The Kier molecular flexibility index (Phi) is 5.78. The van der Waals surface area contributed by atoms with Crippen molar-refractivity contribution in [3.63, 3.8) is 0 Å². The summed E-state index contributed by atoms with van der Waals surface area (Å²) < 4.78 is 8.86. The van der Waals surface area contributed by atoms with Gasteiger partial charge in [-0.2, -0.15) is 0 Å². The normalized spacial score (nSPS) is 11.8. The van der Waals surface area contributed by atoms with Gasteiger partial charge in [-0.3, -0.25) is 0 Å². The van der Waals surface area contributed by atoms with Gasteiger partial charge in [0.1, 0.15) is 11.2 Å². The number of nitrogens with zero attached hydrogens (tertiary/aromatic N) is 1. The lowest BCUT2D eigenvalue weighted by atomic mass is 10.00. The number of thiophene rings is 1.